The van der Waals surface area contributed by atoms with Gasteiger partial charge in [0.05, 0.1) is 0 Å². The summed E-state index contributed by atoms with van der Waals surface area (Å²) in [5, 5.41) is 6.34. The van der Waals surface area contributed by atoms with Crippen LogP contribution in [0.15, 0.2) is 4.99 Å². The van der Waals surface area contributed by atoms with Gasteiger partial charge in [-0.15, -0.1) is 0 Å². The van der Waals surface area contributed by atoms with E-state index in [9.17, 15) is 4.21 Å². The molecule has 4 nitrogen and oxygen atoms in total. The van der Waals surface area contributed by atoms with Crippen molar-refractivity contribution in [2.75, 3.05) is 25.4 Å². The minimum absolute atomic E-state index is 0.122. The van der Waals surface area contributed by atoms with Crippen LogP contribution in [0, 0.1) is 0 Å². The molecule has 5 heteroatoms. The lowest BCUT2D eigenvalue weighted by atomic mass is 10.3. The number of nitrogens with one attached hydrogen (secondary N) is 2. The first kappa shape index (κ1) is 12.5. The van der Waals surface area contributed by atoms with E-state index in [1.54, 1.807) is 0 Å². The molecule has 0 aromatic carbocycles. The molecule has 0 amide bonds. The highest BCUT2D eigenvalue weighted by Gasteiger charge is 2.18. The topological polar surface area (TPSA) is 53.5 Å². The Balaban J connectivity index is 2.21. The minimum atomic E-state index is -0.787. The van der Waals surface area contributed by atoms with Crippen molar-refractivity contribution in [3.8, 4) is 0 Å². The summed E-state index contributed by atoms with van der Waals surface area (Å²) < 4.78 is 11.6. The molecule has 88 valence electrons. The summed E-state index contributed by atoms with van der Waals surface area (Å²) in [6.07, 6.45) is 1.10. The molecule has 0 saturated heterocycles. The average Bonchev–Trinajstić information content (AvgIpc) is 2.18. The highest BCUT2D eigenvalue weighted by molar-refractivity contribution is 7.86. The predicted octanol–water partition coefficient (Wildman–Crippen LogP) is 0.473. The van der Waals surface area contributed by atoms with Gasteiger partial charge in [0.25, 0.3) is 0 Å². The van der Waals surface area contributed by atoms with E-state index in [1.807, 2.05) is 20.8 Å². The second-order valence-corrected chi connectivity index (χ2v) is 6.92. The second kappa shape index (κ2) is 5.49. The first-order valence-corrected chi connectivity index (χ1v) is 6.73. The molecule has 0 saturated carbocycles. The van der Waals surface area contributed by atoms with Gasteiger partial charge in [0.1, 0.15) is 0 Å². The van der Waals surface area contributed by atoms with Crippen molar-refractivity contribution in [2.45, 2.75) is 31.9 Å². The normalized spacial score (nSPS) is 19.0. The number of hydrogen-bond acceptors (Lipinski definition) is 4. The molecule has 1 atom stereocenters. The SMILES string of the molecule is CC(C)(C)S(=O)CCNC1=NCCCN1. The zero-order valence-electron chi connectivity index (χ0n) is 9.80. The van der Waals surface area contributed by atoms with Gasteiger partial charge in [0, 0.05) is 40.9 Å². The van der Waals surface area contributed by atoms with Crippen molar-refractivity contribution < 1.29 is 4.21 Å². The van der Waals surface area contributed by atoms with Gasteiger partial charge in [-0.2, -0.15) is 0 Å². The van der Waals surface area contributed by atoms with E-state index in [-0.39, 0.29) is 4.75 Å². The number of aliphatic imine (C=N–C) groups is 1. The average molecular weight is 231 g/mol. The van der Waals surface area contributed by atoms with E-state index in [0.29, 0.717) is 5.75 Å². The van der Waals surface area contributed by atoms with Gasteiger partial charge >= 0.3 is 0 Å². The first-order valence-electron chi connectivity index (χ1n) is 5.41. The van der Waals surface area contributed by atoms with E-state index in [0.717, 1.165) is 32.0 Å². The maximum atomic E-state index is 11.7. The molecule has 2 N–H and O–H groups in total. The van der Waals surface area contributed by atoms with Gasteiger partial charge < -0.3 is 10.6 Å². The Bertz CT molecular complexity index is 258. The van der Waals surface area contributed by atoms with Crippen LogP contribution < -0.4 is 10.6 Å². The molecule has 0 aromatic rings. The van der Waals surface area contributed by atoms with Crippen molar-refractivity contribution >= 4 is 16.8 Å². The highest BCUT2D eigenvalue weighted by Crippen LogP contribution is 2.10. The third-order valence-electron chi connectivity index (χ3n) is 2.16. The third kappa shape index (κ3) is 4.64. The van der Waals surface area contributed by atoms with Crippen LogP contribution in [-0.4, -0.2) is 40.3 Å². The zero-order chi connectivity index (χ0) is 11.3. The molecule has 1 heterocycles. The summed E-state index contributed by atoms with van der Waals surface area (Å²) in [7, 11) is -0.787. The largest absolute Gasteiger partial charge is 0.356 e. The molecule has 0 aromatic heterocycles. The van der Waals surface area contributed by atoms with Crippen molar-refractivity contribution in [2.24, 2.45) is 4.99 Å². The summed E-state index contributed by atoms with van der Waals surface area (Å²) in [4.78, 5) is 4.28. The molecule has 1 aliphatic rings. The fourth-order valence-electron chi connectivity index (χ4n) is 1.22. The second-order valence-electron chi connectivity index (χ2n) is 4.60. The van der Waals surface area contributed by atoms with Crippen LogP contribution in [-0.2, 0) is 10.8 Å². The first-order chi connectivity index (χ1) is 7.00. The van der Waals surface area contributed by atoms with Crippen LogP contribution in [0.5, 0.6) is 0 Å². The lowest BCUT2D eigenvalue weighted by molar-refractivity contribution is 0.646. The predicted molar refractivity (Wildman–Crippen MR) is 65.7 cm³/mol. The van der Waals surface area contributed by atoms with Gasteiger partial charge in [-0.25, -0.2) is 0 Å². The Kier molecular flexibility index (Phi) is 4.57. The van der Waals surface area contributed by atoms with Crippen LogP contribution in [0.2, 0.25) is 0 Å². The van der Waals surface area contributed by atoms with E-state index in [4.69, 9.17) is 0 Å². The number of guanidine groups is 1. The monoisotopic (exact) mass is 231 g/mol. The molecule has 1 aliphatic heterocycles. The van der Waals surface area contributed by atoms with E-state index in [2.05, 4.69) is 15.6 Å². The number of nitrogens with zero attached hydrogens (tertiary/aromatic N) is 1. The molecular weight excluding hydrogens is 210 g/mol. The van der Waals surface area contributed by atoms with Gasteiger partial charge in [-0.05, 0) is 27.2 Å². The minimum Gasteiger partial charge on any atom is -0.356 e. The number of hydrogen-bond donors (Lipinski definition) is 2. The van der Waals surface area contributed by atoms with Crippen LogP contribution in [0.1, 0.15) is 27.2 Å². The van der Waals surface area contributed by atoms with Gasteiger partial charge in [-0.3, -0.25) is 9.20 Å². The maximum absolute atomic E-state index is 11.7. The summed E-state index contributed by atoms with van der Waals surface area (Å²) in [6, 6.07) is 0. The van der Waals surface area contributed by atoms with Crippen LogP contribution >= 0.6 is 0 Å². The molecule has 0 radical (unpaired) electrons. The summed E-state index contributed by atoms with van der Waals surface area (Å²) >= 11 is 0. The Hall–Kier alpha value is -0.580. The van der Waals surface area contributed by atoms with Crippen LogP contribution in [0.25, 0.3) is 0 Å². The smallest absolute Gasteiger partial charge is 0.191 e. The molecule has 15 heavy (non-hydrogen) atoms. The standard InChI is InChI=1S/C10H21N3OS/c1-10(2,3)15(14)8-7-13-9-11-5-4-6-12-9/h4-8H2,1-3H3,(H2,11,12,13). The molecule has 0 aliphatic carbocycles. The third-order valence-corrected chi connectivity index (χ3v) is 4.10. The van der Waals surface area contributed by atoms with E-state index in [1.165, 1.54) is 0 Å². The van der Waals surface area contributed by atoms with Gasteiger partial charge in [0.2, 0.25) is 0 Å². The molecule has 1 unspecified atom stereocenters. The molecule has 1 rings (SSSR count). The van der Waals surface area contributed by atoms with Crippen LogP contribution in [0.3, 0.4) is 0 Å². The lowest BCUT2D eigenvalue weighted by Crippen LogP contribution is -2.42. The van der Waals surface area contributed by atoms with Crippen LogP contribution in [0.4, 0.5) is 0 Å². The fraction of sp³-hybridized carbons (Fsp3) is 0.900. The molecule has 0 fully saturated rings. The highest BCUT2D eigenvalue weighted by atomic mass is 32.2. The number of rotatable bonds is 3. The molecular formula is C10H21N3OS. The Morgan fingerprint density at radius 3 is 2.80 bits per heavy atom. The molecule has 0 bridgehead atoms. The summed E-state index contributed by atoms with van der Waals surface area (Å²) in [6.45, 7) is 8.58. The Morgan fingerprint density at radius 1 is 1.53 bits per heavy atom. The fourth-order valence-corrected chi connectivity index (χ4v) is 2.12. The molecule has 0 spiro atoms. The van der Waals surface area contributed by atoms with Gasteiger partial charge in [0.15, 0.2) is 5.96 Å². The van der Waals surface area contributed by atoms with Crippen molar-refractivity contribution in [1.29, 1.82) is 0 Å². The van der Waals surface area contributed by atoms with Crippen molar-refractivity contribution in [3.63, 3.8) is 0 Å². The maximum Gasteiger partial charge on any atom is 0.191 e. The van der Waals surface area contributed by atoms with E-state index < -0.39 is 10.8 Å². The summed E-state index contributed by atoms with van der Waals surface area (Å²) in [5.41, 5.74) is 0. The quantitative estimate of drug-likeness (QED) is 0.742. The summed E-state index contributed by atoms with van der Waals surface area (Å²) in [5.74, 6) is 1.52. The Morgan fingerprint density at radius 2 is 2.27 bits per heavy atom. The van der Waals surface area contributed by atoms with Crippen molar-refractivity contribution in [3.05, 3.63) is 0 Å². The lowest BCUT2D eigenvalue weighted by Gasteiger charge is -2.19. The van der Waals surface area contributed by atoms with E-state index >= 15 is 0 Å². The van der Waals surface area contributed by atoms with Crippen molar-refractivity contribution in [1.82, 2.24) is 10.6 Å². The van der Waals surface area contributed by atoms with Gasteiger partial charge in [-0.1, -0.05) is 0 Å². The zero-order valence-corrected chi connectivity index (χ0v) is 10.6. The Labute approximate surface area is 94.4 Å².